The molecule has 0 bridgehead atoms. The molecule has 2 aromatic rings. The van der Waals surface area contributed by atoms with E-state index in [2.05, 4.69) is 5.32 Å². The first-order chi connectivity index (χ1) is 14.5. The standard InChI is InChI=1S/C22H28ClN3O4S/c1-15-9-6-7-10-18(15)13-25(17(3)22(28)24-4)21(27)14-26(31(5,29)30)20-12-8-11-19(23)16(20)2/h6-12,17H,13-14H2,1-5H3,(H,24,28)/t17-/m0/s1. The van der Waals surface area contributed by atoms with Crippen molar-refractivity contribution in [2.75, 3.05) is 24.2 Å². The number of nitrogens with zero attached hydrogens (tertiary/aromatic N) is 2. The summed E-state index contributed by atoms with van der Waals surface area (Å²) in [5.74, 6) is -0.837. The second-order valence-corrected chi connectivity index (χ2v) is 9.71. The third kappa shape index (κ3) is 5.98. The number of nitrogens with one attached hydrogen (secondary N) is 1. The molecule has 0 saturated carbocycles. The summed E-state index contributed by atoms with van der Waals surface area (Å²) >= 11 is 6.17. The van der Waals surface area contributed by atoms with Gasteiger partial charge in [-0.05, 0) is 49.6 Å². The van der Waals surface area contributed by atoms with Crippen LogP contribution in [0.2, 0.25) is 5.02 Å². The van der Waals surface area contributed by atoms with Crippen molar-refractivity contribution in [2.24, 2.45) is 0 Å². The van der Waals surface area contributed by atoms with Gasteiger partial charge < -0.3 is 10.2 Å². The third-order valence-electron chi connectivity index (χ3n) is 5.20. The highest BCUT2D eigenvalue weighted by Crippen LogP contribution is 2.28. The molecule has 31 heavy (non-hydrogen) atoms. The Hall–Kier alpha value is -2.58. The molecule has 0 aliphatic rings. The fourth-order valence-corrected chi connectivity index (χ4v) is 4.29. The predicted molar refractivity (Wildman–Crippen MR) is 124 cm³/mol. The van der Waals surface area contributed by atoms with Gasteiger partial charge in [0.25, 0.3) is 0 Å². The van der Waals surface area contributed by atoms with E-state index in [0.29, 0.717) is 16.3 Å². The molecule has 2 amide bonds. The molecule has 7 nitrogen and oxygen atoms in total. The summed E-state index contributed by atoms with van der Waals surface area (Å²) in [6.45, 7) is 4.95. The van der Waals surface area contributed by atoms with Gasteiger partial charge in [0, 0.05) is 18.6 Å². The van der Waals surface area contributed by atoms with Gasteiger partial charge in [-0.1, -0.05) is 41.9 Å². The molecular weight excluding hydrogens is 438 g/mol. The summed E-state index contributed by atoms with van der Waals surface area (Å²) in [6, 6.07) is 11.6. The molecule has 0 saturated heterocycles. The molecule has 0 unspecified atom stereocenters. The van der Waals surface area contributed by atoms with E-state index in [9.17, 15) is 18.0 Å². The van der Waals surface area contributed by atoms with Crippen LogP contribution in [0, 0.1) is 13.8 Å². The van der Waals surface area contributed by atoms with Crippen molar-refractivity contribution in [3.05, 3.63) is 64.2 Å². The van der Waals surface area contributed by atoms with Gasteiger partial charge in [-0.25, -0.2) is 8.42 Å². The van der Waals surface area contributed by atoms with Crippen LogP contribution in [0.15, 0.2) is 42.5 Å². The molecule has 0 aliphatic carbocycles. The van der Waals surface area contributed by atoms with Crippen LogP contribution >= 0.6 is 11.6 Å². The van der Waals surface area contributed by atoms with Crippen molar-refractivity contribution in [1.29, 1.82) is 0 Å². The van der Waals surface area contributed by atoms with E-state index in [1.54, 1.807) is 32.0 Å². The van der Waals surface area contributed by atoms with Crippen molar-refractivity contribution < 1.29 is 18.0 Å². The zero-order valence-electron chi connectivity index (χ0n) is 18.3. The van der Waals surface area contributed by atoms with E-state index in [-0.39, 0.29) is 12.5 Å². The van der Waals surface area contributed by atoms with Gasteiger partial charge in [0.1, 0.15) is 12.6 Å². The van der Waals surface area contributed by atoms with Gasteiger partial charge in [-0.3, -0.25) is 13.9 Å². The van der Waals surface area contributed by atoms with Crippen LogP contribution in [0.3, 0.4) is 0 Å². The monoisotopic (exact) mass is 465 g/mol. The van der Waals surface area contributed by atoms with E-state index in [0.717, 1.165) is 21.7 Å². The largest absolute Gasteiger partial charge is 0.357 e. The van der Waals surface area contributed by atoms with Crippen molar-refractivity contribution in [3.63, 3.8) is 0 Å². The maximum atomic E-state index is 13.4. The first-order valence-corrected chi connectivity index (χ1v) is 12.0. The summed E-state index contributed by atoms with van der Waals surface area (Å²) in [4.78, 5) is 27.1. The molecule has 9 heteroatoms. The second kappa shape index (κ2) is 10.2. The number of carbonyl (C=O) groups is 2. The van der Waals surface area contributed by atoms with Gasteiger partial charge >= 0.3 is 0 Å². The van der Waals surface area contributed by atoms with Crippen molar-refractivity contribution in [3.8, 4) is 0 Å². The Bertz CT molecular complexity index is 1070. The smallest absolute Gasteiger partial charge is 0.244 e. The highest BCUT2D eigenvalue weighted by atomic mass is 35.5. The van der Waals surface area contributed by atoms with Crippen molar-refractivity contribution in [1.82, 2.24) is 10.2 Å². The highest BCUT2D eigenvalue weighted by molar-refractivity contribution is 7.92. The van der Waals surface area contributed by atoms with Crippen LogP contribution in [-0.4, -0.2) is 51.0 Å². The molecule has 168 valence electrons. The first kappa shape index (κ1) is 24.7. The third-order valence-corrected chi connectivity index (χ3v) is 6.74. The Kier molecular flexibility index (Phi) is 8.08. The quantitative estimate of drug-likeness (QED) is 0.649. The molecule has 0 heterocycles. The maximum absolute atomic E-state index is 13.4. The van der Waals surface area contributed by atoms with Crippen molar-refractivity contribution >= 4 is 39.1 Å². The zero-order valence-corrected chi connectivity index (χ0v) is 19.9. The molecule has 1 N–H and O–H groups in total. The molecule has 2 rings (SSSR count). The van der Waals surface area contributed by atoms with Crippen LogP contribution in [0.1, 0.15) is 23.6 Å². The van der Waals surface area contributed by atoms with Crippen LogP contribution in [-0.2, 0) is 26.2 Å². The summed E-state index contributed by atoms with van der Waals surface area (Å²) in [5, 5.41) is 2.95. The number of benzene rings is 2. The lowest BCUT2D eigenvalue weighted by molar-refractivity contribution is -0.139. The van der Waals surface area contributed by atoms with E-state index in [4.69, 9.17) is 11.6 Å². The summed E-state index contributed by atoms with van der Waals surface area (Å²) in [7, 11) is -2.30. The Labute approximate surface area is 189 Å². The minimum Gasteiger partial charge on any atom is -0.357 e. The molecule has 0 aliphatic heterocycles. The van der Waals surface area contributed by atoms with Crippen molar-refractivity contribution in [2.45, 2.75) is 33.4 Å². The minimum absolute atomic E-state index is 0.173. The van der Waals surface area contributed by atoms with E-state index in [1.807, 2.05) is 31.2 Å². The highest BCUT2D eigenvalue weighted by Gasteiger charge is 2.30. The Morgan fingerprint density at radius 3 is 2.32 bits per heavy atom. The van der Waals surface area contributed by atoms with Crippen LogP contribution in [0.25, 0.3) is 0 Å². The molecule has 0 spiro atoms. The summed E-state index contributed by atoms with van der Waals surface area (Å²) < 4.78 is 26.1. The zero-order chi connectivity index (χ0) is 23.3. The number of carbonyl (C=O) groups excluding carboxylic acids is 2. The molecule has 0 aromatic heterocycles. The van der Waals surface area contributed by atoms with Gasteiger partial charge in [0.2, 0.25) is 21.8 Å². The average Bonchev–Trinajstić information content (AvgIpc) is 2.71. The Morgan fingerprint density at radius 2 is 1.74 bits per heavy atom. The lowest BCUT2D eigenvalue weighted by atomic mass is 10.1. The Morgan fingerprint density at radius 1 is 1.10 bits per heavy atom. The van der Waals surface area contributed by atoms with E-state index in [1.165, 1.54) is 11.9 Å². The number of amides is 2. The summed E-state index contributed by atoms with van der Waals surface area (Å²) in [6.07, 6.45) is 1.04. The lowest BCUT2D eigenvalue weighted by Gasteiger charge is -2.32. The number of aryl methyl sites for hydroxylation is 1. The predicted octanol–water partition coefficient (Wildman–Crippen LogP) is 2.89. The van der Waals surface area contributed by atoms with Gasteiger partial charge in [-0.2, -0.15) is 0 Å². The molecular formula is C22H28ClN3O4S. The SMILES string of the molecule is CNC(=O)[C@H](C)N(Cc1ccccc1C)C(=O)CN(c1cccc(Cl)c1C)S(C)(=O)=O. The van der Waals surface area contributed by atoms with Gasteiger partial charge in [0.05, 0.1) is 11.9 Å². The molecule has 2 aromatic carbocycles. The number of halogens is 1. The van der Waals surface area contributed by atoms with Crippen LogP contribution in [0.4, 0.5) is 5.69 Å². The molecule has 1 atom stereocenters. The molecule has 0 radical (unpaired) electrons. The summed E-state index contributed by atoms with van der Waals surface area (Å²) in [5.41, 5.74) is 2.71. The Balaban J connectivity index is 2.45. The number of hydrogen-bond donors (Lipinski definition) is 1. The number of hydrogen-bond acceptors (Lipinski definition) is 4. The number of sulfonamides is 1. The first-order valence-electron chi connectivity index (χ1n) is 9.75. The fourth-order valence-electron chi connectivity index (χ4n) is 3.22. The number of anilines is 1. The maximum Gasteiger partial charge on any atom is 0.244 e. The van der Waals surface area contributed by atoms with Gasteiger partial charge in [-0.15, -0.1) is 0 Å². The van der Waals surface area contributed by atoms with Crippen LogP contribution in [0.5, 0.6) is 0 Å². The average molecular weight is 466 g/mol. The topological polar surface area (TPSA) is 86.8 Å². The fraction of sp³-hybridized carbons (Fsp3) is 0.364. The second-order valence-electron chi connectivity index (χ2n) is 7.39. The molecule has 0 fully saturated rings. The minimum atomic E-state index is -3.79. The van der Waals surface area contributed by atoms with Gasteiger partial charge in [0.15, 0.2) is 0 Å². The van der Waals surface area contributed by atoms with E-state index < -0.39 is 28.5 Å². The number of rotatable bonds is 8. The normalized spacial score (nSPS) is 12.2. The van der Waals surface area contributed by atoms with Crippen LogP contribution < -0.4 is 9.62 Å². The van der Waals surface area contributed by atoms with E-state index >= 15 is 0 Å². The lowest BCUT2D eigenvalue weighted by Crippen LogP contribution is -2.50. The number of likely N-dealkylation sites (N-methyl/N-ethyl adjacent to an activating group) is 1.